The van der Waals surface area contributed by atoms with E-state index in [2.05, 4.69) is 11.9 Å². The van der Waals surface area contributed by atoms with E-state index in [1.54, 1.807) is 12.4 Å². The average Bonchev–Trinajstić information content (AvgIpc) is 2.27. The van der Waals surface area contributed by atoms with Crippen LogP contribution in [0.2, 0.25) is 0 Å². The van der Waals surface area contributed by atoms with Gasteiger partial charge in [-0.1, -0.05) is 26.3 Å². The van der Waals surface area contributed by atoms with Crippen molar-refractivity contribution in [2.24, 2.45) is 5.92 Å². The summed E-state index contributed by atoms with van der Waals surface area (Å²) < 4.78 is 5.16. The second kappa shape index (κ2) is 6.17. The molecule has 0 spiro atoms. The minimum atomic E-state index is -0.124. The Morgan fingerprint density at radius 3 is 3.00 bits per heavy atom. The van der Waals surface area contributed by atoms with Gasteiger partial charge in [-0.2, -0.15) is 0 Å². The molecule has 0 aliphatic carbocycles. The van der Waals surface area contributed by atoms with Gasteiger partial charge in [-0.25, -0.2) is 0 Å². The van der Waals surface area contributed by atoms with Gasteiger partial charge in [0.25, 0.3) is 0 Å². The van der Waals surface area contributed by atoms with Crippen molar-refractivity contribution < 1.29 is 9.53 Å². The zero-order chi connectivity index (χ0) is 11.1. The van der Waals surface area contributed by atoms with E-state index >= 15 is 0 Å². The molecule has 0 N–H and O–H groups in total. The van der Waals surface area contributed by atoms with E-state index in [0.717, 1.165) is 18.4 Å². The number of pyridine rings is 1. The van der Waals surface area contributed by atoms with Gasteiger partial charge >= 0.3 is 5.97 Å². The van der Waals surface area contributed by atoms with Crippen molar-refractivity contribution in [2.45, 2.75) is 33.3 Å². The van der Waals surface area contributed by atoms with Gasteiger partial charge in [-0.05, 0) is 12.5 Å². The fraction of sp³-hybridized carbons (Fsp3) is 0.500. The summed E-state index contributed by atoms with van der Waals surface area (Å²) in [6, 6.07) is 3.73. The maximum absolute atomic E-state index is 11.5. The van der Waals surface area contributed by atoms with E-state index in [4.69, 9.17) is 4.74 Å². The highest BCUT2D eigenvalue weighted by molar-refractivity contribution is 5.71. The van der Waals surface area contributed by atoms with Crippen molar-refractivity contribution in [3.8, 4) is 0 Å². The summed E-state index contributed by atoms with van der Waals surface area (Å²) in [6.07, 6.45) is 5.29. The summed E-state index contributed by atoms with van der Waals surface area (Å²) in [5.41, 5.74) is 0.926. The molecular formula is C12H17NO2. The first-order chi connectivity index (χ1) is 7.24. The quantitative estimate of drug-likeness (QED) is 0.696. The molecule has 1 unspecified atom stereocenters. The number of ether oxygens (including phenoxy) is 1. The van der Waals surface area contributed by atoms with E-state index in [-0.39, 0.29) is 11.9 Å². The number of esters is 1. The third kappa shape index (κ3) is 4.11. The summed E-state index contributed by atoms with van der Waals surface area (Å²) >= 11 is 0. The molecule has 1 aromatic heterocycles. The molecule has 0 saturated heterocycles. The van der Waals surface area contributed by atoms with Gasteiger partial charge in [0, 0.05) is 18.0 Å². The summed E-state index contributed by atoms with van der Waals surface area (Å²) in [5, 5.41) is 0. The zero-order valence-corrected chi connectivity index (χ0v) is 9.27. The molecule has 82 valence electrons. The Kier molecular flexibility index (Phi) is 4.81. The molecule has 1 aromatic rings. The molecule has 1 atom stereocenters. The molecule has 0 fully saturated rings. The molecule has 0 amide bonds. The predicted octanol–water partition coefficient (Wildman–Crippen LogP) is 2.56. The molecule has 3 nitrogen and oxygen atoms in total. The smallest absolute Gasteiger partial charge is 0.308 e. The summed E-state index contributed by atoms with van der Waals surface area (Å²) in [7, 11) is 0. The zero-order valence-electron chi connectivity index (χ0n) is 9.27. The van der Waals surface area contributed by atoms with Crippen LogP contribution in [0.15, 0.2) is 24.5 Å². The monoisotopic (exact) mass is 207 g/mol. The first-order valence-corrected chi connectivity index (χ1v) is 5.29. The number of carbonyl (C=O) groups excluding carboxylic acids is 1. The number of rotatable bonds is 5. The second-order valence-electron chi connectivity index (χ2n) is 3.66. The molecule has 1 heterocycles. The van der Waals surface area contributed by atoms with Crippen LogP contribution >= 0.6 is 0 Å². The molecule has 0 bridgehead atoms. The maximum Gasteiger partial charge on any atom is 0.308 e. The van der Waals surface area contributed by atoms with Crippen molar-refractivity contribution in [1.82, 2.24) is 4.98 Å². The Morgan fingerprint density at radius 1 is 1.60 bits per heavy atom. The third-order valence-electron chi connectivity index (χ3n) is 2.23. The van der Waals surface area contributed by atoms with Crippen LogP contribution in [0.4, 0.5) is 0 Å². The minimum absolute atomic E-state index is 0.00771. The molecule has 0 aliphatic rings. The van der Waals surface area contributed by atoms with Gasteiger partial charge in [0.15, 0.2) is 0 Å². The van der Waals surface area contributed by atoms with Crippen LogP contribution in [0.5, 0.6) is 0 Å². The van der Waals surface area contributed by atoms with Crippen molar-refractivity contribution in [3.05, 3.63) is 30.1 Å². The van der Waals surface area contributed by atoms with Crippen LogP contribution in [-0.2, 0) is 16.1 Å². The highest BCUT2D eigenvalue weighted by Crippen LogP contribution is 2.08. The van der Waals surface area contributed by atoms with Gasteiger partial charge in [0.2, 0.25) is 0 Å². The van der Waals surface area contributed by atoms with E-state index < -0.39 is 0 Å². The lowest BCUT2D eigenvalue weighted by atomic mass is 10.1. The Bertz CT molecular complexity index is 298. The Balaban J connectivity index is 2.34. The lowest BCUT2D eigenvalue weighted by molar-refractivity contribution is -0.149. The molecule has 0 aliphatic heterocycles. The lowest BCUT2D eigenvalue weighted by Crippen LogP contribution is -2.14. The van der Waals surface area contributed by atoms with Crippen molar-refractivity contribution in [3.63, 3.8) is 0 Å². The van der Waals surface area contributed by atoms with Crippen LogP contribution in [0.1, 0.15) is 32.3 Å². The second-order valence-corrected chi connectivity index (χ2v) is 3.66. The van der Waals surface area contributed by atoms with Crippen LogP contribution in [0, 0.1) is 5.92 Å². The number of aromatic nitrogens is 1. The number of carbonyl (C=O) groups is 1. The molecule has 3 heteroatoms. The van der Waals surface area contributed by atoms with Gasteiger partial charge in [-0.15, -0.1) is 0 Å². The largest absolute Gasteiger partial charge is 0.461 e. The van der Waals surface area contributed by atoms with Crippen LogP contribution in [0.3, 0.4) is 0 Å². The maximum atomic E-state index is 11.5. The van der Waals surface area contributed by atoms with Gasteiger partial charge in [0.05, 0.1) is 5.92 Å². The van der Waals surface area contributed by atoms with E-state index in [1.165, 1.54) is 0 Å². The average molecular weight is 207 g/mol. The SMILES string of the molecule is CCCC(C)C(=O)OCc1cccnc1. The molecule has 1 rings (SSSR count). The Labute approximate surface area is 90.5 Å². The normalized spacial score (nSPS) is 12.1. The molecule has 15 heavy (non-hydrogen) atoms. The summed E-state index contributed by atoms with van der Waals surface area (Å²) in [6.45, 7) is 4.28. The first-order valence-electron chi connectivity index (χ1n) is 5.29. The van der Waals surface area contributed by atoms with Crippen molar-refractivity contribution in [2.75, 3.05) is 0 Å². The van der Waals surface area contributed by atoms with E-state index in [1.807, 2.05) is 19.1 Å². The molecule has 0 saturated carbocycles. The Hall–Kier alpha value is -1.38. The number of hydrogen-bond acceptors (Lipinski definition) is 3. The first kappa shape index (κ1) is 11.7. The van der Waals surface area contributed by atoms with Crippen molar-refractivity contribution in [1.29, 1.82) is 0 Å². The van der Waals surface area contributed by atoms with E-state index in [9.17, 15) is 4.79 Å². The van der Waals surface area contributed by atoms with Crippen LogP contribution in [-0.4, -0.2) is 11.0 Å². The highest BCUT2D eigenvalue weighted by Gasteiger charge is 2.12. The highest BCUT2D eigenvalue weighted by atomic mass is 16.5. The fourth-order valence-electron chi connectivity index (χ4n) is 1.33. The van der Waals surface area contributed by atoms with Gasteiger partial charge in [0.1, 0.15) is 6.61 Å². The third-order valence-corrected chi connectivity index (χ3v) is 2.23. The van der Waals surface area contributed by atoms with Gasteiger partial charge in [-0.3, -0.25) is 9.78 Å². The van der Waals surface area contributed by atoms with Crippen LogP contribution in [0.25, 0.3) is 0 Å². The fourth-order valence-corrected chi connectivity index (χ4v) is 1.33. The molecular weight excluding hydrogens is 190 g/mol. The number of hydrogen-bond donors (Lipinski definition) is 0. The topological polar surface area (TPSA) is 39.2 Å². The minimum Gasteiger partial charge on any atom is -0.461 e. The Morgan fingerprint density at radius 2 is 2.40 bits per heavy atom. The van der Waals surface area contributed by atoms with E-state index in [0.29, 0.717) is 6.61 Å². The molecule has 0 radical (unpaired) electrons. The van der Waals surface area contributed by atoms with Crippen molar-refractivity contribution >= 4 is 5.97 Å². The lowest BCUT2D eigenvalue weighted by Gasteiger charge is -2.09. The number of nitrogens with zero attached hydrogens (tertiary/aromatic N) is 1. The van der Waals surface area contributed by atoms with Gasteiger partial charge < -0.3 is 4.74 Å². The standard InChI is InChI=1S/C12H17NO2/c1-3-5-10(2)12(14)15-9-11-6-4-7-13-8-11/h4,6-8,10H,3,5,9H2,1-2H3. The van der Waals surface area contributed by atoms with Crippen LogP contribution < -0.4 is 0 Å². The predicted molar refractivity (Wildman–Crippen MR) is 58.1 cm³/mol. The molecule has 0 aromatic carbocycles. The summed E-state index contributed by atoms with van der Waals surface area (Å²) in [4.78, 5) is 15.4. The summed E-state index contributed by atoms with van der Waals surface area (Å²) in [5.74, 6) is -0.132.